The minimum Gasteiger partial charge on any atom is -0.502 e. The van der Waals surface area contributed by atoms with E-state index in [2.05, 4.69) is 9.97 Å². The molecular weight excluding hydrogens is 160 g/mol. The van der Waals surface area contributed by atoms with Crippen molar-refractivity contribution in [3.8, 4) is 11.8 Å². The summed E-state index contributed by atoms with van der Waals surface area (Å²) in [7, 11) is 1.40. The van der Waals surface area contributed by atoms with Gasteiger partial charge in [-0.1, -0.05) is 6.92 Å². The highest BCUT2D eigenvalue weighted by Crippen LogP contribution is 2.10. The van der Waals surface area contributed by atoms with E-state index in [0.29, 0.717) is 12.1 Å². The Kier molecular flexibility index (Phi) is 2.32. The number of H-pyrrole nitrogens is 1. The third-order valence-corrected chi connectivity index (χ3v) is 1.47. The molecule has 5 heteroatoms. The Hall–Kier alpha value is -1.52. The number of rotatable bonds is 2. The first kappa shape index (κ1) is 8.58. The Balaban J connectivity index is 3.29. The SMILES string of the molecule is CCc1nc(OC)[nH]c(=O)c1O. The number of methoxy groups -OCH3 is 1. The van der Waals surface area contributed by atoms with Crippen LogP contribution in [0.15, 0.2) is 4.79 Å². The summed E-state index contributed by atoms with van der Waals surface area (Å²) in [4.78, 5) is 17.1. The van der Waals surface area contributed by atoms with Crippen LogP contribution >= 0.6 is 0 Å². The van der Waals surface area contributed by atoms with E-state index in [0.717, 1.165) is 0 Å². The predicted octanol–water partition coefficient (Wildman–Crippen LogP) is 0.0465. The molecule has 1 heterocycles. The van der Waals surface area contributed by atoms with Gasteiger partial charge in [-0.05, 0) is 6.42 Å². The molecule has 0 aliphatic heterocycles. The van der Waals surface area contributed by atoms with Gasteiger partial charge in [0, 0.05) is 0 Å². The fourth-order valence-electron chi connectivity index (χ4n) is 0.834. The fraction of sp³-hybridized carbons (Fsp3) is 0.429. The van der Waals surface area contributed by atoms with E-state index in [1.807, 2.05) is 0 Å². The molecule has 5 nitrogen and oxygen atoms in total. The van der Waals surface area contributed by atoms with Gasteiger partial charge >= 0.3 is 0 Å². The van der Waals surface area contributed by atoms with Gasteiger partial charge in [-0.2, -0.15) is 4.98 Å². The maximum Gasteiger partial charge on any atom is 0.296 e. The lowest BCUT2D eigenvalue weighted by Crippen LogP contribution is -2.11. The minimum absolute atomic E-state index is 0.120. The number of aromatic amines is 1. The van der Waals surface area contributed by atoms with Gasteiger partial charge in [0.15, 0.2) is 0 Å². The summed E-state index contributed by atoms with van der Waals surface area (Å²) in [5.74, 6) is -0.335. The van der Waals surface area contributed by atoms with Crippen LogP contribution in [-0.2, 0) is 6.42 Å². The predicted molar refractivity (Wildman–Crippen MR) is 42.5 cm³/mol. The summed E-state index contributed by atoms with van der Waals surface area (Å²) in [6.45, 7) is 1.79. The van der Waals surface area contributed by atoms with E-state index in [1.165, 1.54) is 7.11 Å². The first-order valence-corrected chi connectivity index (χ1v) is 3.55. The topological polar surface area (TPSA) is 75.2 Å². The van der Waals surface area contributed by atoms with E-state index < -0.39 is 5.56 Å². The van der Waals surface area contributed by atoms with Crippen LogP contribution in [-0.4, -0.2) is 22.2 Å². The monoisotopic (exact) mass is 170 g/mol. The standard InChI is InChI=1S/C7H10N2O3/c1-3-4-5(10)6(11)9-7(8-4)12-2/h10H,3H2,1-2H3,(H,8,9,11). The van der Waals surface area contributed by atoms with Crippen LogP contribution in [0.4, 0.5) is 0 Å². The highest BCUT2D eigenvalue weighted by atomic mass is 16.5. The zero-order valence-corrected chi connectivity index (χ0v) is 6.92. The van der Waals surface area contributed by atoms with E-state index >= 15 is 0 Å². The fourth-order valence-corrected chi connectivity index (χ4v) is 0.834. The van der Waals surface area contributed by atoms with E-state index in [4.69, 9.17) is 9.84 Å². The second-order valence-corrected chi connectivity index (χ2v) is 2.22. The maximum absolute atomic E-state index is 11.0. The molecule has 0 atom stereocenters. The Labute approximate surface area is 69.0 Å². The van der Waals surface area contributed by atoms with Crippen LogP contribution in [0.25, 0.3) is 0 Å². The van der Waals surface area contributed by atoms with Crippen LogP contribution in [0, 0.1) is 0 Å². The number of nitrogens with zero attached hydrogens (tertiary/aromatic N) is 1. The number of ether oxygens (including phenoxy) is 1. The number of nitrogens with one attached hydrogen (secondary N) is 1. The lowest BCUT2D eigenvalue weighted by molar-refractivity contribution is 0.368. The summed E-state index contributed by atoms with van der Waals surface area (Å²) in [5.41, 5.74) is -0.227. The lowest BCUT2D eigenvalue weighted by Gasteiger charge is -2.01. The maximum atomic E-state index is 11.0. The zero-order chi connectivity index (χ0) is 9.14. The molecule has 0 unspecified atom stereocenters. The molecular formula is C7H10N2O3. The zero-order valence-electron chi connectivity index (χ0n) is 6.92. The lowest BCUT2D eigenvalue weighted by atomic mass is 10.3. The van der Waals surface area contributed by atoms with Crippen molar-refractivity contribution in [2.75, 3.05) is 7.11 Å². The smallest absolute Gasteiger partial charge is 0.296 e. The van der Waals surface area contributed by atoms with Crippen molar-refractivity contribution in [2.45, 2.75) is 13.3 Å². The molecule has 0 aliphatic carbocycles. The highest BCUT2D eigenvalue weighted by molar-refractivity contribution is 5.24. The van der Waals surface area contributed by atoms with Crippen LogP contribution < -0.4 is 10.3 Å². The van der Waals surface area contributed by atoms with E-state index in [-0.39, 0.29) is 11.8 Å². The number of hydrogen-bond acceptors (Lipinski definition) is 4. The van der Waals surface area contributed by atoms with Gasteiger partial charge in [0.1, 0.15) is 0 Å². The molecule has 66 valence electrons. The largest absolute Gasteiger partial charge is 0.502 e. The Morgan fingerprint density at radius 2 is 2.33 bits per heavy atom. The molecule has 12 heavy (non-hydrogen) atoms. The number of aryl methyl sites for hydroxylation is 1. The molecule has 0 saturated heterocycles. The molecule has 0 bridgehead atoms. The van der Waals surface area contributed by atoms with Crippen molar-refractivity contribution in [2.24, 2.45) is 0 Å². The average Bonchev–Trinajstić information content (AvgIpc) is 2.09. The molecule has 2 N–H and O–H groups in total. The van der Waals surface area contributed by atoms with Gasteiger partial charge in [0.2, 0.25) is 5.75 Å². The molecule has 1 rings (SSSR count). The molecule has 0 aromatic carbocycles. The van der Waals surface area contributed by atoms with Crippen LogP contribution in [0.3, 0.4) is 0 Å². The van der Waals surface area contributed by atoms with Crippen molar-refractivity contribution in [1.29, 1.82) is 0 Å². The average molecular weight is 170 g/mol. The van der Waals surface area contributed by atoms with E-state index in [1.54, 1.807) is 6.92 Å². The third-order valence-electron chi connectivity index (χ3n) is 1.47. The quantitative estimate of drug-likeness (QED) is 0.657. The molecule has 0 saturated carbocycles. The van der Waals surface area contributed by atoms with Crippen molar-refractivity contribution in [3.05, 3.63) is 16.0 Å². The minimum atomic E-state index is -0.571. The van der Waals surface area contributed by atoms with Crippen LogP contribution in [0.5, 0.6) is 11.8 Å². The summed E-state index contributed by atoms with van der Waals surface area (Å²) in [6.07, 6.45) is 0.492. The molecule has 0 aliphatic rings. The Morgan fingerprint density at radius 1 is 1.67 bits per heavy atom. The molecule has 0 amide bonds. The van der Waals surface area contributed by atoms with Crippen LogP contribution in [0.1, 0.15) is 12.6 Å². The molecule has 0 spiro atoms. The van der Waals surface area contributed by atoms with Gasteiger partial charge in [-0.15, -0.1) is 0 Å². The third kappa shape index (κ3) is 1.39. The highest BCUT2D eigenvalue weighted by Gasteiger charge is 2.07. The van der Waals surface area contributed by atoms with Crippen molar-refractivity contribution >= 4 is 0 Å². The van der Waals surface area contributed by atoms with Crippen molar-refractivity contribution in [1.82, 2.24) is 9.97 Å². The van der Waals surface area contributed by atoms with Gasteiger partial charge in [0.25, 0.3) is 11.6 Å². The van der Waals surface area contributed by atoms with Gasteiger partial charge in [0.05, 0.1) is 12.8 Å². The molecule has 0 radical (unpaired) electrons. The van der Waals surface area contributed by atoms with E-state index in [9.17, 15) is 4.79 Å². The number of hydrogen-bond donors (Lipinski definition) is 2. The molecule has 0 fully saturated rings. The number of aromatic hydroxyl groups is 1. The summed E-state index contributed by atoms with van der Waals surface area (Å²) in [6, 6.07) is 0.120. The summed E-state index contributed by atoms with van der Waals surface area (Å²) >= 11 is 0. The summed E-state index contributed by atoms with van der Waals surface area (Å²) in [5, 5.41) is 9.16. The van der Waals surface area contributed by atoms with Gasteiger partial charge in [-0.25, -0.2) is 0 Å². The first-order valence-electron chi connectivity index (χ1n) is 3.55. The van der Waals surface area contributed by atoms with Crippen molar-refractivity contribution < 1.29 is 9.84 Å². The number of aromatic nitrogens is 2. The Morgan fingerprint density at radius 3 is 2.83 bits per heavy atom. The summed E-state index contributed by atoms with van der Waals surface area (Å²) < 4.78 is 4.71. The second kappa shape index (κ2) is 3.25. The molecule has 1 aromatic rings. The molecule has 1 aromatic heterocycles. The van der Waals surface area contributed by atoms with Crippen molar-refractivity contribution in [3.63, 3.8) is 0 Å². The first-order chi connectivity index (χ1) is 5.69. The normalized spacial score (nSPS) is 9.83. The van der Waals surface area contributed by atoms with Gasteiger partial charge in [-0.3, -0.25) is 9.78 Å². The second-order valence-electron chi connectivity index (χ2n) is 2.22. The van der Waals surface area contributed by atoms with Crippen LogP contribution in [0.2, 0.25) is 0 Å². The van der Waals surface area contributed by atoms with Gasteiger partial charge < -0.3 is 9.84 Å². The Bertz CT molecular complexity index is 332.